The van der Waals surface area contributed by atoms with Crippen LogP contribution >= 0.6 is 43.5 Å². The maximum Gasteiger partial charge on any atom is 0.128 e. The van der Waals surface area contributed by atoms with Crippen molar-refractivity contribution in [1.29, 1.82) is 0 Å². The second kappa shape index (κ2) is 6.09. The highest BCUT2D eigenvalue weighted by Crippen LogP contribution is 2.29. The maximum absolute atomic E-state index is 5.81. The number of hydrogen-bond donors (Lipinski definition) is 0. The van der Waals surface area contributed by atoms with Crippen LogP contribution in [-0.2, 0) is 5.88 Å². The number of benzene rings is 2. The molecular weight excluding hydrogens is 379 g/mol. The monoisotopic (exact) mass is 388 g/mol. The number of ether oxygens (including phenoxy) is 1. The first kappa shape index (κ1) is 13.9. The number of hydrogen-bond acceptors (Lipinski definition) is 1. The summed E-state index contributed by atoms with van der Waals surface area (Å²) in [5.41, 5.74) is 2.19. The van der Waals surface area contributed by atoms with Crippen molar-refractivity contribution < 1.29 is 4.74 Å². The van der Waals surface area contributed by atoms with E-state index in [1.807, 2.05) is 43.3 Å². The van der Waals surface area contributed by atoms with Crippen molar-refractivity contribution in [2.24, 2.45) is 0 Å². The Morgan fingerprint density at radius 3 is 2.28 bits per heavy atom. The molecule has 0 spiro atoms. The lowest BCUT2D eigenvalue weighted by molar-refractivity contribution is 0.481. The Balaban J connectivity index is 2.23. The molecule has 0 unspecified atom stereocenters. The van der Waals surface area contributed by atoms with Crippen molar-refractivity contribution in [3.05, 3.63) is 56.5 Å². The Hall–Kier alpha value is -0.510. The highest BCUT2D eigenvalue weighted by molar-refractivity contribution is 9.10. The minimum absolute atomic E-state index is 0.484. The summed E-state index contributed by atoms with van der Waals surface area (Å²) in [7, 11) is 0. The molecule has 0 aliphatic carbocycles. The number of rotatable bonds is 3. The molecule has 94 valence electrons. The summed E-state index contributed by atoms with van der Waals surface area (Å²) in [5, 5.41) is 0. The fourth-order valence-corrected chi connectivity index (χ4v) is 2.66. The predicted molar refractivity (Wildman–Crippen MR) is 82.7 cm³/mol. The number of aryl methyl sites for hydroxylation is 1. The molecule has 0 bridgehead atoms. The van der Waals surface area contributed by atoms with E-state index in [-0.39, 0.29) is 0 Å². The van der Waals surface area contributed by atoms with E-state index in [1.165, 1.54) is 0 Å². The van der Waals surface area contributed by atoms with Crippen LogP contribution in [0.5, 0.6) is 11.5 Å². The summed E-state index contributed by atoms with van der Waals surface area (Å²) < 4.78 is 7.84. The van der Waals surface area contributed by atoms with Gasteiger partial charge in [-0.25, -0.2) is 0 Å². The van der Waals surface area contributed by atoms with Crippen LogP contribution in [0.2, 0.25) is 0 Å². The normalized spacial score (nSPS) is 10.4. The Morgan fingerprint density at radius 2 is 1.67 bits per heavy atom. The molecule has 0 atom stereocenters. The van der Waals surface area contributed by atoms with Gasteiger partial charge in [0.15, 0.2) is 0 Å². The van der Waals surface area contributed by atoms with Gasteiger partial charge in [0, 0.05) is 14.8 Å². The molecule has 4 heteroatoms. The van der Waals surface area contributed by atoms with Gasteiger partial charge >= 0.3 is 0 Å². The average Bonchev–Trinajstić information content (AvgIpc) is 2.34. The van der Waals surface area contributed by atoms with Crippen LogP contribution in [0, 0.1) is 6.92 Å². The molecule has 0 saturated carbocycles. The third kappa shape index (κ3) is 3.28. The fourth-order valence-electron chi connectivity index (χ4n) is 1.52. The Bertz CT molecular complexity index is 570. The van der Waals surface area contributed by atoms with E-state index >= 15 is 0 Å². The van der Waals surface area contributed by atoms with Crippen LogP contribution in [0.1, 0.15) is 11.1 Å². The van der Waals surface area contributed by atoms with E-state index in [9.17, 15) is 0 Å². The topological polar surface area (TPSA) is 9.23 Å². The zero-order valence-corrected chi connectivity index (χ0v) is 13.6. The zero-order chi connectivity index (χ0) is 13.1. The summed E-state index contributed by atoms with van der Waals surface area (Å²) in [6.07, 6.45) is 0. The summed E-state index contributed by atoms with van der Waals surface area (Å²) in [5.74, 6) is 2.09. The van der Waals surface area contributed by atoms with Crippen molar-refractivity contribution >= 4 is 43.5 Å². The summed E-state index contributed by atoms with van der Waals surface area (Å²) in [4.78, 5) is 0. The molecule has 0 radical (unpaired) electrons. The molecule has 0 aromatic heterocycles. The minimum Gasteiger partial charge on any atom is -0.457 e. The SMILES string of the molecule is Cc1cc(Oc2ccc(CCl)c(Br)c2)ccc1Br. The van der Waals surface area contributed by atoms with Gasteiger partial charge in [-0.15, -0.1) is 11.6 Å². The molecular formula is C14H11Br2ClO. The van der Waals surface area contributed by atoms with Gasteiger partial charge in [0.2, 0.25) is 0 Å². The van der Waals surface area contributed by atoms with E-state index < -0.39 is 0 Å². The van der Waals surface area contributed by atoms with Crippen molar-refractivity contribution in [3.8, 4) is 11.5 Å². The van der Waals surface area contributed by atoms with Crippen LogP contribution in [0.3, 0.4) is 0 Å². The van der Waals surface area contributed by atoms with Crippen molar-refractivity contribution in [2.45, 2.75) is 12.8 Å². The average molecular weight is 391 g/mol. The van der Waals surface area contributed by atoms with E-state index in [0.717, 1.165) is 31.6 Å². The Kier molecular flexibility index (Phi) is 4.71. The van der Waals surface area contributed by atoms with Crippen molar-refractivity contribution in [1.82, 2.24) is 0 Å². The van der Waals surface area contributed by atoms with Crippen LogP contribution < -0.4 is 4.74 Å². The Morgan fingerprint density at radius 1 is 1.00 bits per heavy atom. The first-order valence-corrected chi connectivity index (χ1v) is 7.50. The molecule has 0 saturated heterocycles. The molecule has 0 amide bonds. The van der Waals surface area contributed by atoms with E-state index in [1.54, 1.807) is 0 Å². The molecule has 0 heterocycles. The van der Waals surface area contributed by atoms with E-state index in [2.05, 4.69) is 31.9 Å². The highest BCUT2D eigenvalue weighted by atomic mass is 79.9. The van der Waals surface area contributed by atoms with Gasteiger partial charge in [0.05, 0.1) is 0 Å². The Labute approximate surface area is 128 Å². The molecule has 2 aromatic rings. The smallest absolute Gasteiger partial charge is 0.128 e. The summed E-state index contributed by atoms with van der Waals surface area (Å²) in [6.45, 7) is 2.03. The largest absolute Gasteiger partial charge is 0.457 e. The second-order valence-electron chi connectivity index (χ2n) is 3.90. The van der Waals surface area contributed by atoms with Gasteiger partial charge in [0.25, 0.3) is 0 Å². The van der Waals surface area contributed by atoms with Gasteiger partial charge in [-0.1, -0.05) is 37.9 Å². The summed E-state index contributed by atoms with van der Waals surface area (Å²) >= 11 is 12.7. The molecule has 0 aliphatic heterocycles. The van der Waals surface area contributed by atoms with Crippen LogP contribution in [0.15, 0.2) is 45.3 Å². The highest BCUT2D eigenvalue weighted by Gasteiger charge is 2.03. The van der Waals surface area contributed by atoms with Crippen molar-refractivity contribution in [2.75, 3.05) is 0 Å². The number of alkyl halides is 1. The third-order valence-electron chi connectivity index (χ3n) is 2.53. The molecule has 0 aliphatic rings. The molecule has 0 N–H and O–H groups in total. The van der Waals surface area contributed by atoms with Crippen molar-refractivity contribution in [3.63, 3.8) is 0 Å². The summed E-state index contributed by atoms with van der Waals surface area (Å²) in [6, 6.07) is 11.7. The van der Waals surface area contributed by atoms with Gasteiger partial charge < -0.3 is 4.74 Å². The predicted octanol–water partition coefficient (Wildman–Crippen LogP) is 6.05. The van der Waals surface area contributed by atoms with Gasteiger partial charge in [-0.05, 0) is 48.4 Å². The molecule has 0 fully saturated rings. The molecule has 18 heavy (non-hydrogen) atoms. The molecule has 2 aromatic carbocycles. The first-order chi connectivity index (χ1) is 8.60. The lowest BCUT2D eigenvalue weighted by Crippen LogP contribution is -1.87. The van der Waals surface area contributed by atoms with Crippen LogP contribution in [-0.4, -0.2) is 0 Å². The lowest BCUT2D eigenvalue weighted by atomic mass is 10.2. The molecule has 2 rings (SSSR count). The minimum atomic E-state index is 0.484. The van der Waals surface area contributed by atoms with Gasteiger partial charge in [0.1, 0.15) is 11.5 Å². The standard InChI is InChI=1S/C14H11Br2ClO/c1-9-6-11(4-5-13(9)15)18-12-3-2-10(8-17)14(16)7-12/h2-7H,8H2,1H3. The third-order valence-corrected chi connectivity index (χ3v) is 4.45. The van der Waals surface area contributed by atoms with Crippen LogP contribution in [0.4, 0.5) is 0 Å². The van der Waals surface area contributed by atoms with Gasteiger partial charge in [-0.3, -0.25) is 0 Å². The quantitative estimate of drug-likeness (QED) is 0.580. The zero-order valence-electron chi connectivity index (χ0n) is 9.71. The maximum atomic E-state index is 5.81. The fraction of sp³-hybridized carbons (Fsp3) is 0.143. The van der Waals surface area contributed by atoms with Gasteiger partial charge in [-0.2, -0.15) is 0 Å². The van der Waals surface area contributed by atoms with E-state index in [0.29, 0.717) is 5.88 Å². The lowest BCUT2D eigenvalue weighted by Gasteiger charge is -2.09. The molecule has 1 nitrogen and oxygen atoms in total. The first-order valence-electron chi connectivity index (χ1n) is 5.38. The second-order valence-corrected chi connectivity index (χ2v) is 5.88. The number of halogens is 3. The van der Waals surface area contributed by atoms with E-state index in [4.69, 9.17) is 16.3 Å². The van der Waals surface area contributed by atoms with Crippen LogP contribution in [0.25, 0.3) is 0 Å².